The van der Waals surface area contributed by atoms with Crippen LogP contribution in [0.2, 0.25) is 5.02 Å². The summed E-state index contributed by atoms with van der Waals surface area (Å²) < 4.78 is 6.65. The summed E-state index contributed by atoms with van der Waals surface area (Å²) in [6, 6.07) is 5.70. The number of piperidine rings is 1. The average molecular weight is 380 g/mol. The smallest absolute Gasteiger partial charge is 0.408 e. The first-order chi connectivity index (χ1) is 12.5. The molecule has 0 spiro atoms. The van der Waals surface area contributed by atoms with Crippen molar-refractivity contribution in [2.45, 2.75) is 51.6 Å². The van der Waals surface area contributed by atoms with E-state index in [0.29, 0.717) is 35.3 Å². The van der Waals surface area contributed by atoms with Gasteiger partial charge in [-0.15, -0.1) is 0 Å². The van der Waals surface area contributed by atoms with E-state index in [1.807, 2.05) is 0 Å². The van der Waals surface area contributed by atoms with Crippen LogP contribution in [0, 0.1) is 0 Å². The molecule has 1 fully saturated rings. The molecule has 1 N–H and O–H groups in total. The Balaban J connectivity index is 1.43. The molecule has 1 aliphatic heterocycles. The molecule has 2 aromatic rings. The second-order valence-corrected chi connectivity index (χ2v) is 7.40. The van der Waals surface area contributed by atoms with Crippen molar-refractivity contribution in [2.24, 2.45) is 0 Å². The van der Waals surface area contributed by atoms with E-state index in [2.05, 4.69) is 17.1 Å². The number of halogens is 1. The zero-order chi connectivity index (χ0) is 18.5. The molecule has 1 aromatic heterocycles. The molecule has 0 unspecified atom stereocenters. The van der Waals surface area contributed by atoms with E-state index in [1.165, 1.54) is 23.8 Å². The molecule has 7 heteroatoms. The van der Waals surface area contributed by atoms with Gasteiger partial charge in [0.15, 0.2) is 5.58 Å². The van der Waals surface area contributed by atoms with Crippen molar-refractivity contribution >= 4 is 28.6 Å². The maximum Gasteiger partial charge on any atom is 0.419 e. The molecule has 1 saturated heterocycles. The molecule has 0 radical (unpaired) electrons. The molecule has 0 bridgehead atoms. The third-order valence-corrected chi connectivity index (χ3v) is 5.31. The van der Waals surface area contributed by atoms with Crippen LogP contribution in [0.4, 0.5) is 0 Å². The van der Waals surface area contributed by atoms with Crippen LogP contribution in [0.15, 0.2) is 27.4 Å². The molecular formula is C19H26ClN3O3. The summed E-state index contributed by atoms with van der Waals surface area (Å²) >= 11 is 5.90. The second-order valence-electron chi connectivity index (χ2n) is 6.97. The van der Waals surface area contributed by atoms with Crippen LogP contribution in [0.5, 0.6) is 0 Å². The fourth-order valence-electron chi connectivity index (χ4n) is 3.55. The quantitative estimate of drug-likeness (QED) is 0.751. The lowest BCUT2D eigenvalue weighted by Crippen LogP contribution is -2.39. The molecule has 3 rings (SSSR count). The second kappa shape index (κ2) is 8.73. The highest BCUT2D eigenvalue weighted by Crippen LogP contribution is 2.18. The summed E-state index contributed by atoms with van der Waals surface area (Å²) in [7, 11) is 0. The fraction of sp³-hybridized carbons (Fsp3) is 0.579. The number of nitrogens with zero attached hydrogens (tertiary/aromatic N) is 2. The number of hydrogen-bond acceptors (Lipinski definition) is 4. The monoisotopic (exact) mass is 379 g/mol. The van der Waals surface area contributed by atoms with Gasteiger partial charge in [0.1, 0.15) is 0 Å². The Morgan fingerprint density at radius 3 is 3.00 bits per heavy atom. The predicted molar refractivity (Wildman–Crippen MR) is 103 cm³/mol. The van der Waals surface area contributed by atoms with Crippen molar-refractivity contribution in [3.8, 4) is 0 Å². The van der Waals surface area contributed by atoms with Crippen LogP contribution in [-0.4, -0.2) is 41.1 Å². The average Bonchev–Trinajstić information content (AvgIpc) is 2.92. The number of carbonyl (C=O) groups is 1. The Kier molecular flexibility index (Phi) is 6.38. The summed E-state index contributed by atoms with van der Waals surface area (Å²) in [5.41, 5.74) is 1.10. The zero-order valence-corrected chi connectivity index (χ0v) is 15.9. The molecule has 1 aromatic carbocycles. The lowest BCUT2D eigenvalue weighted by atomic mass is 10.0. The van der Waals surface area contributed by atoms with Crippen LogP contribution in [0.25, 0.3) is 11.1 Å². The number of likely N-dealkylation sites (tertiary alicyclic amines) is 1. The minimum atomic E-state index is -0.464. The van der Waals surface area contributed by atoms with Crippen LogP contribution < -0.4 is 11.1 Å². The standard InChI is InChI=1S/C19H26ClN3O3/c1-14-5-2-3-10-22(14)11-4-9-21-18(24)8-12-23-16-7-6-15(20)13-17(16)26-19(23)25/h6-7,13-14H,2-5,8-12H2,1H3,(H,21,24)/t14-/m0/s1. The van der Waals surface area contributed by atoms with Crippen molar-refractivity contribution in [2.75, 3.05) is 19.6 Å². The van der Waals surface area contributed by atoms with Gasteiger partial charge in [-0.05, 0) is 44.9 Å². The SMILES string of the molecule is C[C@H]1CCCCN1CCCNC(=O)CCn1c(=O)oc2cc(Cl)ccc21. The van der Waals surface area contributed by atoms with Crippen LogP contribution >= 0.6 is 11.6 Å². The highest BCUT2D eigenvalue weighted by atomic mass is 35.5. The first-order valence-corrected chi connectivity index (χ1v) is 9.72. The third-order valence-electron chi connectivity index (χ3n) is 5.08. The third kappa shape index (κ3) is 4.68. The highest BCUT2D eigenvalue weighted by molar-refractivity contribution is 6.31. The van der Waals surface area contributed by atoms with E-state index in [-0.39, 0.29) is 12.3 Å². The van der Waals surface area contributed by atoms with E-state index in [1.54, 1.807) is 18.2 Å². The molecule has 1 atom stereocenters. The van der Waals surface area contributed by atoms with Crippen molar-refractivity contribution in [3.63, 3.8) is 0 Å². The van der Waals surface area contributed by atoms with Crippen LogP contribution in [-0.2, 0) is 11.3 Å². The summed E-state index contributed by atoms with van der Waals surface area (Å²) in [4.78, 5) is 26.5. The first-order valence-electron chi connectivity index (χ1n) is 9.34. The Morgan fingerprint density at radius 1 is 1.35 bits per heavy atom. The number of aromatic nitrogens is 1. The number of carbonyl (C=O) groups excluding carboxylic acids is 1. The molecule has 0 aliphatic carbocycles. The number of nitrogens with one attached hydrogen (secondary N) is 1. The number of benzene rings is 1. The Labute approximate surface area is 158 Å². The number of amides is 1. The Morgan fingerprint density at radius 2 is 2.19 bits per heavy atom. The van der Waals surface area contributed by atoms with E-state index in [4.69, 9.17) is 16.0 Å². The van der Waals surface area contributed by atoms with Gasteiger partial charge >= 0.3 is 5.76 Å². The number of oxazole rings is 1. The lowest BCUT2D eigenvalue weighted by Gasteiger charge is -2.33. The first kappa shape index (κ1) is 19.0. The molecule has 2 heterocycles. The van der Waals surface area contributed by atoms with Gasteiger partial charge in [-0.3, -0.25) is 9.36 Å². The van der Waals surface area contributed by atoms with Gasteiger partial charge in [-0.1, -0.05) is 18.0 Å². The van der Waals surface area contributed by atoms with Crippen molar-refractivity contribution < 1.29 is 9.21 Å². The van der Waals surface area contributed by atoms with Gasteiger partial charge in [-0.2, -0.15) is 0 Å². The zero-order valence-electron chi connectivity index (χ0n) is 15.2. The maximum absolute atomic E-state index is 12.1. The number of aryl methyl sites for hydroxylation is 1. The van der Waals surface area contributed by atoms with Gasteiger partial charge in [0.2, 0.25) is 5.91 Å². The minimum Gasteiger partial charge on any atom is -0.408 e. The summed E-state index contributed by atoms with van der Waals surface area (Å²) in [6.45, 7) is 5.42. The van der Waals surface area contributed by atoms with Gasteiger partial charge in [0.05, 0.1) is 5.52 Å². The van der Waals surface area contributed by atoms with E-state index >= 15 is 0 Å². The minimum absolute atomic E-state index is 0.0492. The number of hydrogen-bond donors (Lipinski definition) is 1. The molecule has 1 amide bonds. The highest BCUT2D eigenvalue weighted by Gasteiger charge is 2.17. The summed E-state index contributed by atoms with van der Waals surface area (Å²) in [5, 5.41) is 3.46. The van der Waals surface area contributed by atoms with Crippen molar-refractivity contribution in [1.82, 2.24) is 14.8 Å². The Hall–Kier alpha value is -1.79. The molecule has 1 aliphatic rings. The fourth-order valence-corrected chi connectivity index (χ4v) is 3.72. The topological polar surface area (TPSA) is 67.5 Å². The van der Waals surface area contributed by atoms with Crippen molar-refractivity contribution in [1.29, 1.82) is 0 Å². The predicted octanol–water partition coefficient (Wildman–Crippen LogP) is 3.02. The summed E-state index contributed by atoms with van der Waals surface area (Å²) in [6.07, 6.45) is 5.06. The number of rotatable bonds is 7. The van der Waals surface area contributed by atoms with Gasteiger partial charge in [-0.25, -0.2) is 4.79 Å². The van der Waals surface area contributed by atoms with E-state index in [9.17, 15) is 9.59 Å². The lowest BCUT2D eigenvalue weighted by molar-refractivity contribution is -0.121. The normalized spacial score (nSPS) is 18.3. The Bertz CT molecular complexity index is 814. The van der Waals surface area contributed by atoms with E-state index in [0.717, 1.165) is 19.5 Å². The maximum atomic E-state index is 12.1. The number of fused-ring (bicyclic) bond motifs is 1. The largest absolute Gasteiger partial charge is 0.419 e. The molecule has 26 heavy (non-hydrogen) atoms. The molecule has 0 saturated carbocycles. The molecule has 142 valence electrons. The van der Waals surface area contributed by atoms with Crippen molar-refractivity contribution in [3.05, 3.63) is 33.8 Å². The molecular weight excluding hydrogens is 354 g/mol. The van der Waals surface area contributed by atoms with Crippen LogP contribution in [0.3, 0.4) is 0 Å². The van der Waals surface area contributed by atoms with Gasteiger partial charge in [0.25, 0.3) is 0 Å². The van der Waals surface area contributed by atoms with Crippen LogP contribution in [0.1, 0.15) is 39.0 Å². The summed E-state index contributed by atoms with van der Waals surface area (Å²) in [5.74, 6) is -0.513. The van der Waals surface area contributed by atoms with Gasteiger partial charge in [0, 0.05) is 43.2 Å². The van der Waals surface area contributed by atoms with Gasteiger partial charge < -0.3 is 14.6 Å². The molecule has 6 nitrogen and oxygen atoms in total. The van der Waals surface area contributed by atoms with E-state index < -0.39 is 5.76 Å².